The Bertz CT molecular complexity index is 2300. The molecule has 0 unspecified atom stereocenters. The van der Waals surface area contributed by atoms with Gasteiger partial charge in [-0.3, -0.25) is 14.4 Å². The number of nitrogens with zero attached hydrogens (tertiary/aromatic N) is 1. The van der Waals surface area contributed by atoms with Crippen LogP contribution in [0, 0.1) is 0 Å². The molecule has 1 aliphatic heterocycles. The lowest BCUT2D eigenvalue weighted by molar-refractivity contribution is -0.150. The molecule has 4 rings (SSSR count). The Morgan fingerprint density at radius 1 is 0.540 bits per heavy atom. The Labute approximate surface area is 526 Å². The molecule has 2 amide bonds. The molecule has 1 fully saturated rings. The SMILES string of the molecule is CCCCC/C=C\C/C=C\CCCCCCCCC(CCCCCCCC/C=C\C/C=C\CCCCC)OC(=O)NCCCCCC(=O)N1C[C@H](OC(=O)CCC(=O)CC)C[C@H]1COC(c1ccccc1)(c1ccc(OC)cc1)c1ccc(OC)cc1. The zero-order chi connectivity index (χ0) is 62.3. The quantitative estimate of drug-likeness (QED) is 0.0254. The third-order valence-electron chi connectivity index (χ3n) is 16.7. The number of hydrogen-bond donors (Lipinski definition) is 1. The van der Waals surface area contributed by atoms with E-state index >= 15 is 0 Å². The van der Waals surface area contributed by atoms with Crippen LogP contribution >= 0.6 is 0 Å². The molecule has 1 N–H and O–H groups in total. The summed E-state index contributed by atoms with van der Waals surface area (Å²) < 4.78 is 30.5. The molecule has 0 saturated carbocycles. The molecular weight excluding hydrogens is 1080 g/mol. The summed E-state index contributed by atoms with van der Waals surface area (Å²) in [7, 11) is 3.28. The summed E-state index contributed by atoms with van der Waals surface area (Å²) in [6, 6.07) is 25.3. The number of nitrogens with one attached hydrogen (secondary N) is 1. The van der Waals surface area contributed by atoms with Crippen LogP contribution in [0.5, 0.6) is 11.5 Å². The minimum atomic E-state index is -1.11. The van der Waals surface area contributed by atoms with Crippen LogP contribution in [0.15, 0.2) is 127 Å². The number of benzene rings is 3. The van der Waals surface area contributed by atoms with Gasteiger partial charge in [0.15, 0.2) is 0 Å². The van der Waals surface area contributed by atoms with Gasteiger partial charge in [-0.25, -0.2) is 4.79 Å². The van der Waals surface area contributed by atoms with Crippen LogP contribution in [0.4, 0.5) is 4.79 Å². The van der Waals surface area contributed by atoms with Crippen molar-refractivity contribution in [3.05, 3.63) is 144 Å². The number of rotatable bonds is 50. The molecule has 3 aromatic rings. The van der Waals surface area contributed by atoms with E-state index in [-0.39, 0.29) is 56.3 Å². The molecule has 0 radical (unpaired) electrons. The molecule has 0 spiro atoms. The average Bonchev–Trinajstić information content (AvgIpc) is 2.61. The maximum Gasteiger partial charge on any atom is 0.407 e. The van der Waals surface area contributed by atoms with E-state index in [0.717, 1.165) is 87.3 Å². The number of methoxy groups -OCH3 is 2. The number of ketones is 1. The van der Waals surface area contributed by atoms with Gasteiger partial charge in [-0.1, -0.05) is 207 Å². The number of unbranched alkanes of at least 4 members (excludes halogenated alkanes) is 20. The van der Waals surface area contributed by atoms with Crippen LogP contribution in [0.3, 0.4) is 0 Å². The number of carbonyl (C=O) groups is 4. The largest absolute Gasteiger partial charge is 0.497 e. The molecule has 2 atom stereocenters. The number of amides is 2. The number of likely N-dealkylation sites (tertiary alicyclic amines) is 1. The minimum absolute atomic E-state index is 0.000117. The summed E-state index contributed by atoms with van der Waals surface area (Å²) in [6.07, 6.45) is 51.4. The first-order valence-corrected chi connectivity index (χ1v) is 34.2. The van der Waals surface area contributed by atoms with E-state index in [1.807, 2.05) is 83.8 Å². The van der Waals surface area contributed by atoms with Crippen LogP contribution in [0.1, 0.15) is 256 Å². The second-order valence-electron chi connectivity index (χ2n) is 23.8. The number of carbonyl (C=O) groups excluding carboxylic acids is 4. The van der Waals surface area contributed by atoms with Gasteiger partial charge >= 0.3 is 12.1 Å². The van der Waals surface area contributed by atoms with Gasteiger partial charge in [0.1, 0.15) is 35.1 Å². The lowest BCUT2D eigenvalue weighted by Gasteiger charge is -2.38. The van der Waals surface area contributed by atoms with Crippen molar-refractivity contribution in [2.24, 2.45) is 0 Å². The van der Waals surface area contributed by atoms with Gasteiger partial charge in [0.05, 0.1) is 39.8 Å². The second kappa shape index (κ2) is 47.1. The predicted octanol–water partition coefficient (Wildman–Crippen LogP) is 19.3. The molecule has 0 aliphatic carbocycles. The third-order valence-corrected chi connectivity index (χ3v) is 16.7. The van der Waals surface area contributed by atoms with Crippen LogP contribution < -0.4 is 14.8 Å². The Morgan fingerprint density at radius 2 is 1.01 bits per heavy atom. The van der Waals surface area contributed by atoms with Crippen molar-refractivity contribution >= 4 is 23.8 Å². The average molecular weight is 1200 g/mol. The van der Waals surface area contributed by atoms with Gasteiger partial charge in [-0.05, 0) is 144 Å². The predicted molar refractivity (Wildman–Crippen MR) is 357 cm³/mol. The Kier molecular flexibility index (Phi) is 39.8. The summed E-state index contributed by atoms with van der Waals surface area (Å²) in [5.74, 6) is 0.922. The summed E-state index contributed by atoms with van der Waals surface area (Å²) >= 11 is 0. The zero-order valence-corrected chi connectivity index (χ0v) is 54.6. The Balaban J connectivity index is 1.29. The first-order valence-electron chi connectivity index (χ1n) is 34.2. The van der Waals surface area contributed by atoms with Crippen molar-refractivity contribution in [3.8, 4) is 11.5 Å². The molecule has 0 aromatic heterocycles. The third kappa shape index (κ3) is 30.7. The van der Waals surface area contributed by atoms with Crippen molar-refractivity contribution in [1.29, 1.82) is 0 Å². The molecule has 11 heteroatoms. The highest BCUT2D eigenvalue weighted by atomic mass is 16.6. The van der Waals surface area contributed by atoms with E-state index in [9.17, 15) is 19.2 Å². The molecule has 1 aliphatic rings. The molecule has 87 heavy (non-hydrogen) atoms. The lowest BCUT2D eigenvalue weighted by Crippen LogP contribution is -2.42. The molecular formula is C76H114N2O9. The van der Waals surface area contributed by atoms with E-state index in [4.69, 9.17) is 23.7 Å². The maximum atomic E-state index is 14.4. The van der Waals surface area contributed by atoms with E-state index in [1.54, 1.807) is 21.1 Å². The Morgan fingerprint density at radius 3 is 1.51 bits per heavy atom. The van der Waals surface area contributed by atoms with E-state index in [1.165, 1.54) is 103 Å². The van der Waals surface area contributed by atoms with Gasteiger partial charge in [-0.2, -0.15) is 0 Å². The molecule has 3 aromatic carbocycles. The summed E-state index contributed by atoms with van der Waals surface area (Å²) in [5, 5.41) is 3.03. The molecule has 482 valence electrons. The van der Waals surface area contributed by atoms with Crippen molar-refractivity contribution in [3.63, 3.8) is 0 Å². The number of allylic oxidation sites excluding steroid dienone is 8. The van der Waals surface area contributed by atoms with Crippen molar-refractivity contribution < 1.29 is 42.9 Å². The van der Waals surface area contributed by atoms with Crippen LogP contribution in [0.25, 0.3) is 0 Å². The van der Waals surface area contributed by atoms with Gasteiger partial charge < -0.3 is 33.9 Å². The number of ether oxygens (including phenoxy) is 5. The summed E-state index contributed by atoms with van der Waals surface area (Å²) in [5.41, 5.74) is 1.52. The highest BCUT2D eigenvalue weighted by Gasteiger charge is 2.42. The first kappa shape index (κ1) is 73.5. The minimum Gasteiger partial charge on any atom is -0.497 e. The van der Waals surface area contributed by atoms with Gasteiger partial charge in [0.2, 0.25) is 5.91 Å². The van der Waals surface area contributed by atoms with Crippen LogP contribution in [-0.4, -0.2) is 80.8 Å². The maximum absolute atomic E-state index is 14.4. The fourth-order valence-corrected chi connectivity index (χ4v) is 11.5. The number of esters is 1. The molecule has 1 heterocycles. The monoisotopic (exact) mass is 1200 g/mol. The van der Waals surface area contributed by atoms with Crippen LogP contribution in [-0.2, 0) is 34.2 Å². The molecule has 0 bridgehead atoms. The molecule has 1 saturated heterocycles. The normalized spacial score (nSPS) is 14.5. The standard InChI is InChI=1S/C76H114N2O9/c1-6-9-11-13-15-17-19-21-23-25-27-29-31-33-35-41-47-71(48-42-36-34-32-30-28-26-24-22-20-18-16-14-12-10-7-2)87-75(82)77-60-44-38-43-49-73(80)78-62-72(86-74(81)59-54-68(79)8-3)61-67(78)63-85-76(64-45-39-37-40-46-64,65-50-55-69(83-4)56-51-65)66-52-57-70(84-5)58-53-66/h15-18,21-24,37,39-40,45-46,50-53,55-58,67,71-72H,6-14,19-20,25-36,38,41-44,47-49,54,59-63H2,1-5H3,(H,77,82)/b17-15-,18-16-,23-21-,24-22-/t67-,72+/m0/s1. The fraction of sp³-hybridized carbons (Fsp3) is 0.605. The highest BCUT2D eigenvalue weighted by Crippen LogP contribution is 2.42. The topological polar surface area (TPSA) is 130 Å². The Hall–Kier alpha value is -5.94. The van der Waals surface area contributed by atoms with E-state index in [2.05, 4.69) is 67.8 Å². The van der Waals surface area contributed by atoms with Gasteiger partial charge in [0, 0.05) is 32.2 Å². The van der Waals surface area contributed by atoms with Gasteiger partial charge in [-0.15, -0.1) is 0 Å². The fourth-order valence-electron chi connectivity index (χ4n) is 11.5. The van der Waals surface area contributed by atoms with Crippen LogP contribution in [0.2, 0.25) is 0 Å². The van der Waals surface area contributed by atoms with E-state index < -0.39 is 23.7 Å². The van der Waals surface area contributed by atoms with Crippen molar-refractivity contribution in [2.45, 2.75) is 263 Å². The van der Waals surface area contributed by atoms with Crippen molar-refractivity contribution in [1.82, 2.24) is 10.2 Å². The highest BCUT2D eigenvalue weighted by molar-refractivity contribution is 5.82. The summed E-state index contributed by atoms with van der Waals surface area (Å²) in [6.45, 7) is 7.11. The van der Waals surface area contributed by atoms with Crippen molar-refractivity contribution in [2.75, 3.05) is 33.9 Å². The lowest BCUT2D eigenvalue weighted by atomic mass is 9.80. The number of Topliss-reactive ketones (excluding diaryl/α,β-unsaturated/α-hetero) is 1. The number of hydrogen-bond acceptors (Lipinski definition) is 9. The molecule has 11 nitrogen and oxygen atoms in total. The number of alkyl carbamates (subject to hydrolysis) is 1. The first-order chi connectivity index (χ1) is 42.7. The zero-order valence-electron chi connectivity index (χ0n) is 54.6. The second-order valence-corrected chi connectivity index (χ2v) is 23.8. The smallest absolute Gasteiger partial charge is 0.407 e. The summed E-state index contributed by atoms with van der Waals surface area (Å²) in [4.78, 5) is 54.7. The van der Waals surface area contributed by atoms with E-state index in [0.29, 0.717) is 43.7 Å². The van der Waals surface area contributed by atoms with Gasteiger partial charge in [0.25, 0.3) is 0 Å².